The number of benzene rings is 1. The van der Waals surface area contributed by atoms with E-state index in [2.05, 4.69) is 17.9 Å². The molecule has 0 aromatic heterocycles. The van der Waals surface area contributed by atoms with Crippen LogP contribution >= 0.6 is 12.6 Å². The summed E-state index contributed by atoms with van der Waals surface area (Å²) >= 11 is 3.72. The van der Waals surface area contributed by atoms with Gasteiger partial charge in [-0.2, -0.15) is 5.26 Å². The Morgan fingerprint density at radius 2 is 1.74 bits per heavy atom. The Labute approximate surface area is 139 Å². The molecular weight excluding hydrogens is 318 g/mol. The molecular formula is C15H17N3O4S. The number of thiol groups is 1. The highest BCUT2D eigenvalue weighted by Gasteiger charge is 2.41. The largest absolute Gasteiger partial charge is 0.456 e. The van der Waals surface area contributed by atoms with Crippen LogP contribution in [0.25, 0.3) is 0 Å². The van der Waals surface area contributed by atoms with Crippen molar-refractivity contribution in [2.75, 3.05) is 5.32 Å². The first-order valence-corrected chi connectivity index (χ1v) is 7.03. The van der Waals surface area contributed by atoms with Gasteiger partial charge >= 0.3 is 5.97 Å². The van der Waals surface area contributed by atoms with Gasteiger partial charge in [0.05, 0.1) is 5.56 Å². The molecule has 0 saturated carbocycles. The fourth-order valence-electron chi connectivity index (χ4n) is 1.47. The van der Waals surface area contributed by atoms with Gasteiger partial charge in [0, 0.05) is 5.69 Å². The van der Waals surface area contributed by atoms with Crippen LogP contribution in [-0.2, 0) is 14.3 Å². The molecule has 0 aliphatic heterocycles. The molecule has 122 valence electrons. The molecule has 23 heavy (non-hydrogen) atoms. The smallest absolute Gasteiger partial charge is 0.338 e. The topological polar surface area (TPSA) is 122 Å². The molecule has 1 aromatic carbocycles. The van der Waals surface area contributed by atoms with Gasteiger partial charge in [0.2, 0.25) is 0 Å². The third-order valence-corrected chi connectivity index (χ3v) is 3.15. The van der Waals surface area contributed by atoms with Crippen molar-refractivity contribution in [3.05, 3.63) is 29.8 Å². The zero-order valence-corrected chi connectivity index (χ0v) is 13.8. The molecule has 0 aliphatic rings. The third-order valence-electron chi connectivity index (χ3n) is 2.62. The molecule has 0 aliphatic carbocycles. The Kier molecular flexibility index (Phi) is 5.40. The van der Waals surface area contributed by atoms with Gasteiger partial charge in [0.25, 0.3) is 16.6 Å². The van der Waals surface area contributed by atoms with Crippen LogP contribution in [-0.4, -0.2) is 28.1 Å². The molecule has 1 unspecified atom stereocenters. The highest BCUT2D eigenvalue weighted by Crippen LogP contribution is 2.18. The number of ether oxygens (including phenoxy) is 1. The van der Waals surface area contributed by atoms with Crippen molar-refractivity contribution in [3.63, 3.8) is 0 Å². The van der Waals surface area contributed by atoms with Crippen molar-refractivity contribution in [3.8, 4) is 6.07 Å². The minimum absolute atomic E-state index is 0.275. The molecule has 7 nitrogen and oxygen atoms in total. The summed E-state index contributed by atoms with van der Waals surface area (Å²) in [6, 6.07) is 7.22. The molecule has 0 fully saturated rings. The zero-order valence-electron chi connectivity index (χ0n) is 12.9. The Morgan fingerprint density at radius 3 is 2.13 bits per heavy atom. The maximum Gasteiger partial charge on any atom is 0.338 e. The molecule has 0 saturated heterocycles. The van der Waals surface area contributed by atoms with Gasteiger partial charge < -0.3 is 15.8 Å². The summed E-state index contributed by atoms with van der Waals surface area (Å²) < 4.78 is 2.93. The summed E-state index contributed by atoms with van der Waals surface area (Å²) in [7, 11) is 0. The molecule has 3 N–H and O–H groups in total. The second kappa shape index (κ2) is 6.71. The third kappa shape index (κ3) is 4.72. The van der Waals surface area contributed by atoms with Gasteiger partial charge in [-0.15, -0.1) is 12.6 Å². The van der Waals surface area contributed by atoms with E-state index < -0.39 is 28.1 Å². The maximum atomic E-state index is 11.9. The summed E-state index contributed by atoms with van der Waals surface area (Å²) in [6.07, 6.45) is 0. The van der Waals surface area contributed by atoms with Gasteiger partial charge in [0.15, 0.2) is 0 Å². The van der Waals surface area contributed by atoms with Crippen molar-refractivity contribution in [1.29, 1.82) is 5.26 Å². The normalized spacial score (nSPS) is 13.3. The standard InChI is InChI=1S/C15H17N3O4S/c1-14(2,3)22-11(19)9-4-6-10(7-5-9)18-13(21)15(23,8-16)12(17)20/h4-7,23H,1-3H3,(H2,17,20)(H,18,21). The molecule has 0 heterocycles. The highest BCUT2D eigenvalue weighted by molar-refractivity contribution is 7.84. The van der Waals surface area contributed by atoms with E-state index in [0.717, 1.165) is 0 Å². The number of anilines is 1. The lowest BCUT2D eigenvalue weighted by molar-refractivity contribution is -0.126. The summed E-state index contributed by atoms with van der Waals surface area (Å²) in [5.74, 6) is -2.65. The molecule has 0 spiro atoms. The molecule has 0 bridgehead atoms. The highest BCUT2D eigenvalue weighted by atomic mass is 32.1. The lowest BCUT2D eigenvalue weighted by Gasteiger charge is -2.19. The fourth-order valence-corrected chi connectivity index (χ4v) is 1.52. The molecule has 2 amide bonds. The summed E-state index contributed by atoms with van der Waals surface area (Å²) in [5, 5.41) is 11.2. The first-order chi connectivity index (χ1) is 10.5. The molecule has 0 radical (unpaired) electrons. The molecule has 1 atom stereocenters. The predicted molar refractivity (Wildman–Crippen MR) is 86.8 cm³/mol. The van der Waals surface area contributed by atoms with Gasteiger partial charge in [-0.3, -0.25) is 9.59 Å². The number of nitriles is 1. The summed E-state index contributed by atoms with van der Waals surface area (Å²) in [6.45, 7) is 5.24. The lowest BCUT2D eigenvalue weighted by Crippen LogP contribution is -2.47. The average Bonchev–Trinajstić information content (AvgIpc) is 2.44. The number of carbonyl (C=O) groups is 3. The van der Waals surface area contributed by atoms with Gasteiger partial charge in [-0.1, -0.05) is 0 Å². The van der Waals surface area contributed by atoms with E-state index in [-0.39, 0.29) is 5.69 Å². The van der Waals surface area contributed by atoms with Crippen LogP contribution < -0.4 is 11.1 Å². The van der Waals surface area contributed by atoms with E-state index in [1.54, 1.807) is 20.8 Å². The zero-order chi connectivity index (χ0) is 17.8. The van der Waals surface area contributed by atoms with E-state index in [1.165, 1.54) is 30.3 Å². The van der Waals surface area contributed by atoms with Crippen molar-refractivity contribution in [2.24, 2.45) is 5.73 Å². The van der Waals surface area contributed by atoms with Crippen LogP contribution in [0, 0.1) is 11.3 Å². The van der Waals surface area contributed by atoms with E-state index in [0.29, 0.717) is 5.56 Å². The predicted octanol–water partition coefficient (Wildman–Crippen LogP) is 1.26. The maximum absolute atomic E-state index is 11.9. The van der Waals surface area contributed by atoms with Crippen molar-refractivity contribution >= 4 is 36.1 Å². The number of nitrogens with one attached hydrogen (secondary N) is 1. The van der Waals surface area contributed by atoms with E-state index >= 15 is 0 Å². The van der Waals surface area contributed by atoms with Crippen LogP contribution in [0.1, 0.15) is 31.1 Å². The van der Waals surface area contributed by atoms with Crippen LogP contribution in [0.15, 0.2) is 24.3 Å². The van der Waals surface area contributed by atoms with Crippen molar-refractivity contribution < 1.29 is 19.1 Å². The minimum atomic E-state index is -2.27. The lowest BCUT2D eigenvalue weighted by atomic mass is 10.1. The first kappa shape index (κ1) is 18.5. The molecule has 8 heteroatoms. The summed E-state index contributed by atoms with van der Waals surface area (Å²) in [4.78, 5) is 34.9. The van der Waals surface area contributed by atoms with Crippen LogP contribution in [0.4, 0.5) is 5.69 Å². The van der Waals surface area contributed by atoms with Gasteiger partial charge in [0.1, 0.15) is 11.7 Å². The number of carbonyl (C=O) groups excluding carboxylic acids is 3. The molecule has 1 rings (SSSR count). The van der Waals surface area contributed by atoms with Crippen molar-refractivity contribution in [1.82, 2.24) is 0 Å². The van der Waals surface area contributed by atoms with Crippen molar-refractivity contribution in [2.45, 2.75) is 31.1 Å². The van der Waals surface area contributed by atoms with Gasteiger partial charge in [-0.05, 0) is 45.0 Å². The second-order valence-electron chi connectivity index (χ2n) is 5.72. The number of nitrogens with zero attached hydrogens (tertiary/aromatic N) is 1. The van der Waals surface area contributed by atoms with Crippen LogP contribution in [0.5, 0.6) is 0 Å². The number of esters is 1. The number of amides is 2. The number of primary amides is 1. The quantitative estimate of drug-likeness (QED) is 0.434. The SMILES string of the molecule is CC(C)(C)OC(=O)c1ccc(NC(=O)C(S)(C#N)C(N)=O)cc1. The Morgan fingerprint density at radius 1 is 1.22 bits per heavy atom. The Hall–Kier alpha value is -2.53. The van der Waals surface area contributed by atoms with E-state index in [1.807, 2.05) is 0 Å². The number of nitrogens with two attached hydrogens (primary N) is 1. The minimum Gasteiger partial charge on any atom is -0.456 e. The Bertz CT molecular complexity index is 673. The fraction of sp³-hybridized carbons (Fsp3) is 0.333. The van der Waals surface area contributed by atoms with E-state index in [9.17, 15) is 14.4 Å². The average molecular weight is 335 g/mol. The monoisotopic (exact) mass is 335 g/mol. The Balaban J connectivity index is 2.87. The number of rotatable bonds is 4. The second-order valence-corrected chi connectivity index (χ2v) is 6.39. The first-order valence-electron chi connectivity index (χ1n) is 6.58. The summed E-state index contributed by atoms with van der Waals surface area (Å²) in [5.41, 5.74) is 4.95. The number of hydrogen-bond acceptors (Lipinski definition) is 6. The molecule has 1 aromatic rings. The van der Waals surface area contributed by atoms with Crippen LogP contribution in [0.3, 0.4) is 0 Å². The van der Waals surface area contributed by atoms with Crippen LogP contribution in [0.2, 0.25) is 0 Å². The van der Waals surface area contributed by atoms with Gasteiger partial charge in [-0.25, -0.2) is 4.79 Å². The van der Waals surface area contributed by atoms with E-state index in [4.69, 9.17) is 15.7 Å². The number of hydrogen-bond donors (Lipinski definition) is 3.